The van der Waals surface area contributed by atoms with Gasteiger partial charge in [0.1, 0.15) is 11.6 Å². The Balaban J connectivity index is 1.45. The molecule has 3 heterocycles. The van der Waals surface area contributed by atoms with Crippen molar-refractivity contribution in [1.82, 2.24) is 19.4 Å². The number of benzene rings is 1. The number of carbonyl (C=O) groups is 2. The fourth-order valence-corrected chi connectivity index (χ4v) is 3.54. The number of morpholine rings is 2. The smallest absolute Gasteiger partial charge is 0.322 e. The molecular formula is C19H21F2N5O4. The molecule has 160 valence electrons. The van der Waals surface area contributed by atoms with Crippen molar-refractivity contribution in [2.75, 3.05) is 44.7 Å². The molecule has 1 spiro atoms. The first-order valence-corrected chi connectivity index (χ1v) is 9.42. The lowest BCUT2D eigenvalue weighted by Crippen LogP contribution is -2.64. The van der Waals surface area contributed by atoms with Crippen LogP contribution in [-0.4, -0.2) is 76.5 Å². The van der Waals surface area contributed by atoms with Crippen LogP contribution in [0.5, 0.6) is 0 Å². The Morgan fingerprint density at radius 2 is 1.83 bits per heavy atom. The van der Waals surface area contributed by atoms with Crippen LogP contribution in [0.3, 0.4) is 0 Å². The SMILES string of the molecule is Cn1ccnc1C(=O)N1CCOC2(CN(C(=O)Nc3ccc(F)cc3F)CCO2)C1. The first kappa shape index (κ1) is 20.2. The molecule has 2 saturated heterocycles. The third-order valence-corrected chi connectivity index (χ3v) is 5.08. The number of aromatic nitrogens is 2. The monoisotopic (exact) mass is 421 g/mol. The van der Waals surface area contributed by atoms with Gasteiger partial charge in [0.15, 0.2) is 5.82 Å². The van der Waals surface area contributed by atoms with E-state index in [9.17, 15) is 18.4 Å². The number of ether oxygens (including phenoxy) is 2. The zero-order valence-corrected chi connectivity index (χ0v) is 16.3. The Hall–Kier alpha value is -3.05. The number of aryl methyl sites for hydroxylation is 1. The highest BCUT2D eigenvalue weighted by Gasteiger charge is 2.45. The molecule has 0 radical (unpaired) electrons. The summed E-state index contributed by atoms with van der Waals surface area (Å²) in [6.45, 7) is 1.21. The summed E-state index contributed by atoms with van der Waals surface area (Å²) in [5, 5.41) is 2.43. The third-order valence-electron chi connectivity index (χ3n) is 5.08. The normalized spacial score (nSPS) is 21.7. The molecular weight excluding hydrogens is 400 g/mol. The van der Waals surface area contributed by atoms with Crippen LogP contribution < -0.4 is 5.32 Å². The van der Waals surface area contributed by atoms with E-state index in [-0.39, 0.29) is 44.4 Å². The van der Waals surface area contributed by atoms with Crippen LogP contribution >= 0.6 is 0 Å². The van der Waals surface area contributed by atoms with Gasteiger partial charge in [-0.05, 0) is 12.1 Å². The quantitative estimate of drug-likeness (QED) is 0.793. The van der Waals surface area contributed by atoms with E-state index in [0.717, 1.165) is 12.1 Å². The number of imidazole rings is 1. The molecule has 1 unspecified atom stereocenters. The molecule has 2 aliphatic heterocycles. The number of amides is 3. The lowest BCUT2D eigenvalue weighted by Gasteiger charge is -2.47. The van der Waals surface area contributed by atoms with Gasteiger partial charge in [0, 0.05) is 38.6 Å². The van der Waals surface area contributed by atoms with Gasteiger partial charge in [0.2, 0.25) is 5.79 Å². The highest BCUT2D eigenvalue weighted by Crippen LogP contribution is 2.26. The number of hydrogen-bond acceptors (Lipinski definition) is 5. The minimum atomic E-state index is -1.18. The number of nitrogens with one attached hydrogen (secondary N) is 1. The summed E-state index contributed by atoms with van der Waals surface area (Å²) in [4.78, 5) is 32.5. The number of carbonyl (C=O) groups excluding carboxylic acids is 2. The average Bonchev–Trinajstić information content (AvgIpc) is 3.15. The molecule has 1 N–H and O–H groups in total. The van der Waals surface area contributed by atoms with Gasteiger partial charge < -0.3 is 29.2 Å². The maximum absolute atomic E-state index is 13.9. The van der Waals surface area contributed by atoms with E-state index in [1.54, 1.807) is 28.9 Å². The van der Waals surface area contributed by atoms with Crippen LogP contribution in [0.1, 0.15) is 10.6 Å². The number of anilines is 1. The van der Waals surface area contributed by atoms with E-state index in [1.807, 2.05) is 0 Å². The summed E-state index contributed by atoms with van der Waals surface area (Å²) in [7, 11) is 1.73. The molecule has 0 aliphatic carbocycles. The van der Waals surface area contributed by atoms with Crippen molar-refractivity contribution in [3.05, 3.63) is 48.1 Å². The summed E-state index contributed by atoms with van der Waals surface area (Å²) in [6.07, 6.45) is 3.22. The van der Waals surface area contributed by atoms with Crippen LogP contribution in [0, 0.1) is 11.6 Å². The third kappa shape index (κ3) is 3.98. The maximum Gasteiger partial charge on any atom is 0.322 e. The number of rotatable bonds is 2. The topological polar surface area (TPSA) is 88.9 Å². The van der Waals surface area contributed by atoms with E-state index in [4.69, 9.17) is 9.47 Å². The Morgan fingerprint density at radius 3 is 2.50 bits per heavy atom. The van der Waals surface area contributed by atoms with Crippen molar-refractivity contribution in [3.63, 3.8) is 0 Å². The molecule has 2 fully saturated rings. The standard InChI is InChI=1S/C19H21F2N5O4/c1-24-5-4-22-16(24)17(27)25-6-8-29-19(11-25)12-26(7-9-30-19)18(28)23-15-3-2-13(20)10-14(15)21/h2-5,10H,6-9,11-12H2,1H3,(H,23,28). The maximum atomic E-state index is 13.9. The minimum Gasteiger partial charge on any atom is -0.345 e. The number of halogens is 2. The van der Waals surface area contributed by atoms with E-state index in [2.05, 4.69) is 10.3 Å². The Kier molecular flexibility index (Phi) is 5.39. The molecule has 11 heteroatoms. The van der Waals surface area contributed by atoms with Crippen molar-refractivity contribution in [3.8, 4) is 0 Å². The largest absolute Gasteiger partial charge is 0.345 e. The van der Waals surface area contributed by atoms with Gasteiger partial charge in [-0.1, -0.05) is 0 Å². The van der Waals surface area contributed by atoms with Crippen molar-refractivity contribution in [2.24, 2.45) is 7.05 Å². The van der Waals surface area contributed by atoms with Gasteiger partial charge in [0.25, 0.3) is 5.91 Å². The number of nitrogens with zero attached hydrogens (tertiary/aromatic N) is 4. The molecule has 3 amide bonds. The average molecular weight is 421 g/mol. The predicted octanol–water partition coefficient (Wildman–Crippen LogP) is 1.43. The lowest BCUT2D eigenvalue weighted by molar-refractivity contribution is -0.281. The van der Waals surface area contributed by atoms with Gasteiger partial charge in [-0.25, -0.2) is 18.6 Å². The van der Waals surface area contributed by atoms with Gasteiger partial charge in [-0.3, -0.25) is 4.79 Å². The second-order valence-corrected chi connectivity index (χ2v) is 7.17. The Morgan fingerprint density at radius 1 is 1.13 bits per heavy atom. The fraction of sp³-hybridized carbons (Fsp3) is 0.421. The second kappa shape index (κ2) is 8.00. The molecule has 1 aromatic heterocycles. The zero-order valence-electron chi connectivity index (χ0n) is 16.3. The first-order chi connectivity index (χ1) is 14.4. The predicted molar refractivity (Wildman–Crippen MR) is 101 cm³/mol. The van der Waals surface area contributed by atoms with Gasteiger partial charge in [-0.2, -0.15) is 0 Å². The highest BCUT2D eigenvalue weighted by molar-refractivity contribution is 5.91. The summed E-state index contributed by atoms with van der Waals surface area (Å²) in [5.74, 6) is -2.75. The second-order valence-electron chi connectivity index (χ2n) is 7.17. The van der Waals surface area contributed by atoms with Crippen LogP contribution in [-0.2, 0) is 16.5 Å². The Labute approximate surface area is 171 Å². The van der Waals surface area contributed by atoms with Gasteiger partial charge in [-0.15, -0.1) is 0 Å². The van der Waals surface area contributed by atoms with Crippen molar-refractivity contribution >= 4 is 17.6 Å². The van der Waals surface area contributed by atoms with Crippen molar-refractivity contribution in [2.45, 2.75) is 5.79 Å². The summed E-state index contributed by atoms with van der Waals surface area (Å²) in [6, 6.07) is 2.34. The fourth-order valence-electron chi connectivity index (χ4n) is 3.54. The minimum absolute atomic E-state index is 0.0476. The number of hydrogen-bond donors (Lipinski definition) is 1. The highest BCUT2D eigenvalue weighted by atomic mass is 19.1. The van der Waals surface area contributed by atoms with Gasteiger partial charge >= 0.3 is 6.03 Å². The Bertz CT molecular complexity index is 964. The van der Waals surface area contributed by atoms with E-state index >= 15 is 0 Å². The van der Waals surface area contributed by atoms with Gasteiger partial charge in [0.05, 0.1) is 32.0 Å². The molecule has 4 rings (SSSR count). The van der Waals surface area contributed by atoms with E-state index in [0.29, 0.717) is 18.4 Å². The van der Waals surface area contributed by atoms with E-state index < -0.39 is 23.5 Å². The molecule has 2 aromatic rings. The summed E-state index contributed by atoms with van der Waals surface area (Å²) in [5.41, 5.74) is -0.127. The van der Waals surface area contributed by atoms with E-state index in [1.165, 1.54) is 4.90 Å². The molecule has 0 saturated carbocycles. The van der Waals surface area contributed by atoms with Crippen molar-refractivity contribution in [1.29, 1.82) is 0 Å². The molecule has 1 aromatic carbocycles. The molecule has 2 aliphatic rings. The summed E-state index contributed by atoms with van der Waals surface area (Å²) < 4.78 is 40.2. The summed E-state index contributed by atoms with van der Waals surface area (Å²) >= 11 is 0. The first-order valence-electron chi connectivity index (χ1n) is 9.42. The van der Waals surface area contributed by atoms with Crippen molar-refractivity contribution < 1.29 is 27.8 Å². The lowest BCUT2D eigenvalue weighted by atomic mass is 10.1. The van der Waals surface area contributed by atoms with Crippen LogP contribution in [0.2, 0.25) is 0 Å². The van der Waals surface area contributed by atoms with Crippen LogP contribution in [0.25, 0.3) is 0 Å². The van der Waals surface area contributed by atoms with Crippen LogP contribution in [0.4, 0.5) is 19.3 Å². The molecule has 30 heavy (non-hydrogen) atoms. The number of urea groups is 1. The molecule has 1 atom stereocenters. The molecule has 9 nitrogen and oxygen atoms in total. The zero-order chi connectivity index (χ0) is 21.3. The molecule has 0 bridgehead atoms. The van der Waals surface area contributed by atoms with Crippen LogP contribution in [0.15, 0.2) is 30.6 Å².